The van der Waals surface area contributed by atoms with Crippen LogP contribution in [0.1, 0.15) is 30.0 Å². The van der Waals surface area contributed by atoms with Crippen molar-refractivity contribution in [2.75, 3.05) is 13.2 Å². The molecule has 1 amide bonds. The third-order valence-corrected chi connectivity index (χ3v) is 5.20. The number of aromatic hydroxyl groups is 1. The predicted molar refractivity (Wildman–Crippen MR) is 103 cm³/mol. The number of phenols is 1. The van der Waals surface area contributed by atoms with Crippen molar-refractivity contribution in [2.24, 2.45) is 0 Å². The lowest BCUT2D eigenvalue weighted by Gasteiger charge is -2.27. The molecule has 2 fully saturated rings. The molecule has 4 rings (SSSR count). The molecule has 28 heavy (non-hydrogen) atoms. The minimum absolute atomic E-state index is 0.0276. The summed E-state index contributed by atoms with van der Waals surface area (Å²) in [4.78, 5) is 27.1. The Hall–Kier alpha value is -3.12. The molecule has 2 N–H and O–H groups in total. The number of amides is 1. The zero-order valence-corrected chi connectivity index (χ0v) is 15.2. The van der Waals surface area contributed by atoms with Gasteiger partial charge in [-0.15, -0.1) is 0 Å². The Bertz CT molecular complexity index is 931. The molecule has 2 aliphatic heterocycles. The number of carbonyl (C=O) groups excluding carboxylic acids is 2. The molecular weight excluding hydrogens is 358 g/mol. The van der Waals surface area contributed by atoms with E-state index in [4.69, 9.17) is 4.74 Å². The fraction of sp³-hybridized carbons (Fsp3) is 0.273. The number of nitrogens with zero attached hydrogens (tertiary/aromatic N) is 1. The molecule has 0 aromatic heterocycles. The minimum Gasteiger partial charge on any atom is -0.508 e. The van der Waals surface area contributed by atoms with Gasteiger partial charge in [-0.25, -0.2) is 0 Å². The van der Waals surface area contributed by atoms with Gasteiger partial charge in [-0.2, -0.15) is 0 Å². The predicted octanol–water partition coefficient (Wildman–Crippen LogP) is 2.99. The Morgan fingerprint density at radius 1 is 1.11 bits per heavy atom. The van der Waals surface area contributed by atoms with Crippen molar-refractivity contribution in [2.45, 2.75) is 25.0 Å². The molecular formula is C22H21NO5. The number of ketones is 1. The van der Waals surface area contributed by atoms with Gasteiger partial charge in [0.05, 0.1) is 17.7 Å². The third-order valence-electron chi connectivity index (χ3n) is 5.20. The first-order valence-electron chi connectivity index (χ1n) is 9.30. The number of ether oxygens (including phenoxy) is 1. The van der Waals surface area contributed by atoms with E-state index in [1.165, 1.54) is 17.0 Å². The van der Waals surface area contributed by atoms with Crippen LogP contribution in [0.4, 0.5) is 0 Å². The molecule has 0 saturated carbocycles. The Morgan fingerprint density at radius 3 is 2.57 bits per heavy atom. The molecule has 0 bridgehead atoms. The summed E-state index contributed by atoms with van der Waals surface area (Å²) in [5.41, 5.74) is 1.05. The maximum atomic E-state index is 12.9. The number of hydrogen-bond donors (Lipinski definition) is 2. The number of Topliss-reactive ketones (excluding diaryl/α,β-unsaturated/α-hetero) is 1. The molecule has 0 aliphatic carbocycles. The SMILES string of the molecule is O=C1C(=O)N(CC2CCCO2)C(c2cccc(O)c2)/C1=C(\O)c1ccccc1. The largest absolute Gasteiger partial charge is 0.508 e. The Labute approximate surface area is 162 Å². The van der Waals surface area contributed by atoms with Crippen molar-refractivity contribution in [1.82, 2.24) is 4.90 Å². The number of rotatable bonds is 4. The summed E-state index contributed by atoms with van der Waals surface area (Å²) in [6.45, 7) is 0.895. The van der Waals surface area contributed by atoms with Gasteiger partial charge >= 0.3 is 0 Å². The van der Waals surface area contributed by atoms with Crippen molar-refractivity contribution >= 4 is 17.4 Å². The molecule has 2 aromatic carbocycles. The lowest BCUT2D eigenvalue weighted by atomic mass is 9.95. The van der Waals surface area contributed by atoms with E-state index in [0.717, 1.165) is 12.8 Å². The molecule has 2 unspecified atom stereocenters. The maximum absolute atomic E-state index is 12.9. The van der Waals surface area contributed by atoms with Crippen LogP contribution in [0.3, 0.4) is 0 Å². The zero-order chi connectivity index (χ0) is 19.7. The van der Waals surface area contributed by atoms with Crippen molar-refractivity contribution in [3.63, 3.8) is 0 Å². The van der Waals surface area contributed by atoms with Gasteiger partial charge in [-0.1, -0.05) is 42.5 Å². The van der Waals surface area contributed by atoms with E-state index in [0.29, 0.717) is 17.7 Å². The normalized spacial score (nSPS) is 24.1. The summed E-state index contributed by atoms with van der Waals surface area (Å²) in [5.74, 6) is -1.59. The van der Waals surface area contributed by atoms with E-state index < -0.39 is 17.7 Å². The standard InChI is InChI=1S/C22H21NO5/c24-16-9-4-8-15(12-16)19-18(20(25)14-6-2-1-3-7-14)21(26)22(27)23(19)13-17-10-5-11-28-17/h1-4,6-9,12,17,19,24-25H,5,10-11,13H2/b20-18+. The second-order valence-electron chi connectivity index (χ2n) is 7.05. The van der Waals surface area contributed by atoms with Gasteiger partial charge in [-0.3, -0.25) is 9.59 Å². The van der Waals surface area contributed by atoms with E-state index in [1.54, 1.807) is 42.5 Å². The van der Waals surface area contributed by atoms with Crippen LogP contribution in [0, 0.1) is 0 Å². The molecule has 2 saturated heterocycles. The van der Waals surface area contributed by atoms with Crippen LogP contribution in [0.2, 0.25) is 0 Å². The minimum atomic E-state index is -0.781. The Morgan fingerprint density at radius 2 is 1.89 bits per heavy atom. The lowest BCUT2D eigenvalue weighted by Crippen LogP contribution is -2.36. The van der Waals surface area contributed by atoms with Crippen LogP contribution in [0.25, 0.3) is 5.76 Å². The van der Waals surface area contributed by atoms with Crippen LogP contribution in [-0.2, 0) is 14.3 Å². The molecule has 2 atom stereocenters. The summed E-state index contributed by atoms with van der Waals surface area (Å²) < 4.78 is 5.65. The number of aliphatic hydroxyl groups excluding tert-OH is 1. The van der Waals surface area contributed by atoms with E-state index in [1.807, 2.05) is 0 Å². The highest BCUT2D eigenvalue weighted by molar-refractivity contribution is 6.46. The number of aliphatic hydroxyl groups is 1. The molecule has 2 aromatic rings. The topological polar surface area (TPSA) is 87.1 Å². The maximum Gasteiger partial charge on any atom is 0.295 e. The van der Waals surface area contributed by atoms with Crippen molar-refractivity contribution in [1.29, 1.82) is 0 Å². The van der Waals surface area contributed by atoms with Crippen LogP contribution in [0.15, 0.2) is 60.2 Å². The van der Waals surface area contributed by atoms with Crippen molar-refractivity contribution < 1.29 is 24.5 Å². The highest BCUT2D eigenvalue weighted by atomic mass is 16.5. The number of carbonyl (C=O) groups is 2. The highest BCUT2D eigenvalue weighted by Crippen LogP contribution is 2.40. The summed E-state index contributed by atoms with van der Waals surface area (Å²) in [7, 11) is 0. The van der Waals surface area contributed by atoms with Gasteiger partial charge in [0.1, 0.15) is 11.5 Å². The number of hydrogen-bond acceptors (Lipinski definition) is 5. The van der Waals surface area contributed by atoms with Gasteiger partial charge < -0.3 is 19.8 Å². The van der Waals surface area contributed by atoms with Crippen molar-refractivity contribution in [3.05, 3.63) is 71.3 Å². The number of phenolic OH excluding ortho intramolecular Hbond substituents is 1. The van der Waals surface area contributed by atoms with E-state index in [2.05, 4.69) is 0 Å². The number of likely N-dealkylation sites (tertiary alicyclic amines) is 1. The fourth-order valence-electron chi connectivity index (χ4n) is 3.87. The molecule has 2 aliphatic rings. The van der Waals surface area contributed by atoms with Gasteiger partial charge in [0.25, 0.3) is 11.7 Å². The zero-order valence-electron chi connectivity index (χ0n) is 15.2. The average molecular weight is 379 g/mol. The average Bonchev–Trinajstić information content (AvgIpc) is 3.30. The first-order valence-corrected chi connectivity index (χ1v) is 9.30. The van der Waals surface area contributed by atoms with Gasteiger partial charge in [-0.05, 0) is 30.5 Å². The Kier molecular flexibility index (Phi) is 4.88. The van der Waals surface area contributed by atoms with Gasteiger partial charge in [0.2, 0.25) is 0 Å². The van der Waals surface area contributed by atoms with E-state index >= 15 is 0 Å². The fourth-order valence-corrected chi connectivity index (χ4v) is 3.87. The van der Waals surface area contributed by atoms with E-state index in [-0.39, 0.29) is 29.7 Å². The van der Waals surface area contributed by atoms with Crippen LogP contribution in [0.5, 0.6) is 5.75 Å². The van der Waals surface area contributed by atoms with Crippen LogP contribution < -0.4 is 0 Å². The Balaban J connectivity index is 1.83. The summed E-state index contributed by atoms with van der Waals surface area (Å²) in [6.07, 6.45) is 1.58. The highest BCUT2D eigenvalue weighted by Gasteiger charge is 2.47. The van der Waals surface area contributed by atoms with Crippen LogP contribution in [-0.4, -0.2) is 46.1 Å². The molecule has 6 nitrogen and oxygen atoms in total. The monoisotopic (exact) mass is 379 g/mol. The number of benzene rings is 2. The molecule has 2 heterocycles. The molecule has 0 spiro atoms. The molecule has 144 valence electrons. The summed E-state index contributed by atoms with van der Waals surface area (Å²) in [6, 6.07) is 14.3. The first kappa shape index (κ1) is 18.3. The second kappa shape index (κ2) is 7.48. The van der Waals surface area contributed by atoms with Crippen molar-refractivity contribution in [3.8, 4) is 5.75 Å². The van der Waals surface area contributed by atoms with Gasteiger partial charge in [0.15, 0.2) is 0 Å². The smallest absolute Gasteiger partial charge is 0.295 e. The second-order valence-corrected chi connectivity index (χ2v) is 7.05. The first-order chi connectivity index (χ1) is 13.6. The summed E-state index contributed by atoms with van der Waals surface area (Å²) >= 11 is 0. The van der Waals surface area contributed by atoms with E-state index in [9.17, 15) is 19.8 Å². The molecule has 0 radical (unpaired) electrons. The third kappa shape index (κ3) is 3.27. The molecule has 6 heteroatoms. The lowest BCUT2D eigenvalue weighted by molar-refractivity contribution is -0.140. The van der Waals surface area contributed by atoms with Crippen LogP contribution >= 0.6 is 0 Å². The summed E-state index contributed by atoms with van der Waals surface area (Å²) in [5, 5.41) is 20.8. The quantitative estimate of drug-likeness (QED) is 0.484. The van der Waals surface area contributed by atoms with Gasteiger partial charge in [0, 0.05) is 18.7 Å².